The van der Waals surface area contributed by atoms with Gasteiger partial charge in [0.05, 0.1) is 18.8 Å². The van der Waals surface area contributed by atoms with E-state index in [1.807, 2.05) is 11.3 Å². The Hall–Kier alpha value is -1.30. The molecular formula is C15H14N2OS2. The average Bonchev–Trinajstić information content (AvgIpc) is 3.08. The number of benzene rings is 1. The Morgan fingerprint density at radius 2 is 2.25 bits per heavy atom. The van der Waals surface area contributed by atoms with Crippen molar-refractivity contribution in [1.29, 1.82) is 0 Å². The quantitative estimate of drug-likeness (QED) is 0.924. The molecule has 0 bridgehead atoms. The Kier molecular flexibility index (Phi) is 2.87. The lowest BCUT2D eigenvalue weighted by atomic mass is 10.1. The highest BCUT2D eigenvalue weighted by Gasteiger charge is 2.32. The molecule has 2 aliphatic heterocycles. The lowest BCUT2D eigenvalue weighted by Gasteiger charge is -2.17. The van der Waals surface area contributed by atoms with Crippen molar-refractivity contribution in [3.63, 3.8) is 0 Å². The number of aliphatic hydroxyl groups is 1. The van der Waals surface area contributed by atoms with Gasteiger partial charge in [-0.25, -0.2) is 0 Å². The maximum absolute atomic E-state index is 9.61. The van der Waals surface area contributed by atoms with Gasteiger partial charge in [0.2, 0.25) is 0 Å². The largest absolute Gasteiger partial charge is 0.391 e. The van der Waals surface area contributed by atoms with Crippen LogP contribution in [0.25, 0.3) is 15.8 Å². The zero-order valence-electron chi connectivity index (χ0n) is 11.1. The summed E-state index contributed by atoms with van der Waals surface area (Å²) in [6, 6.07) is 8.79. The van der Waals surface area contributed by atoms with E-state index in [1.165, 1.54) is 20.5 Å². The fourth-order valence-corrected chi connectivity index (χ4v) is 4.74. The molecule has 2 aliphatic rings. The molecule has 0 saturated heterocycles. The van der Waals surface area contributed by atoms with Crippen LogP contribution in [0.4, 0.5) is 0 Å². The predicted molar refractivity (Wildman–Crippen MR) is 87.2 cm³/mol. The van der Waals surface area contributed by atoms with E-state index >= 15 is 0 Å². The number of thiophene rings is 1. The molecule has 20 heavy (non-hydrogen) atoms. The number of fused-ring (bicyclic) bond motifs is 2. The minimum absolute atomic E-state index is 0.0796. The topological polar surface area (TPSA) is 35.8 Å². The van der Waals surface area contributed by atoms with Crippen LogP contribution in [-0.2, 0) is 0 Å². The van der Waals surface area contributed by atoms with E-state index in [-0.39, 0.29) is 6.61 Å². The molecular weight excluding hydrogens is 288 g/mol. The van der Waals surface area contributed by atoms with Gasteiger partial charge in [-0.3, -0.25) is 4.99 Å². The van der Waals surface area contributed by atoms with Gasteiger partial charge in [0.15, 0.2) is 5.17 Å². The third-order valence-electron chi connectivity index (χ3n) is 3.61. The van der Waals surface area contributed by atoms with Crippen LogP contribution in [0.2, 0.25) is 0 Å². The van der Waals surface area contributed by atoms with Crippen molar-refractivity contribution in [3.8, 4) is 0 Å². The van der Waals surface area contributed by atoms with Crippen molar-refractivity contribution in [1.82, 2.24) is 4.90 Å². The summed E-state index contributed by atoms with van der Waals surface area (Å²) in [5, 5.41) is 11.9. The van der Waals surface area contributed by atoms with Crippen LogP contribution in [0.3, 0.4) is 0 Å². The summed E-state index contributed by atoms with van der Waals surface area (Å²) in [6.45, 7) is 3.99. The molecule has 0 fully saturated rings. The molecule has 0 atom stereocenters. The number of rotatable bonds is 2. The second-order valence-electron chi connectivity index (χ2n) is 4.96. The Labute approximate surface area is 125 Å². The summed E-state index contributed by atoms with van der Waals surface area (Å²) >= 11 is 3.42. The third-order valence-corrected chi connectivity index (χ3v) is 5.74. The van der Waals surface area contributed by atoms with Crippen LogP contribution >= 0.6 is 23.1 Å². The number of hydrogen-bond donors (Lipinski definition) is 1. The monoisotopic (exact) mass is 302 g/mol. The third kappa shape index (κ3) is 1.81. The summed E-state index contributed by atoms with van der Waals surface area (Å²) in [5.41, 5.74) is 2.32. The number of nitrogens with zero attached hydrogens (tertiary/aromatic N) is 2. The highest BCUT2D eigenvalue weighted by molar-refractivity contribution is 8.17. The normalized spacial score (nSPS) is 18.1. The van der Waals surface area contributed by atoms with Gasteiger partial charge >= 0.3 is 0 Å². The molecule has 0 amide bonds. The molecule has 0 unspecified atom stereocenters. The summed E-state index contributed by atoms with van der Waals surface area (Å²) in [6.07, 6.45) is 0. The SMILES string of the molecule is Cc1cc2cc(C3=C(CO)SC4=NCCN43)ccc2s1. The smallest absolute Gasteiger partial charge is 0.168 e. The van der Waals surface area contributed by atoms with Gasteiger partial charge in [0, 0.05) is 21.0 Å². The van der Waals surface area contributed by atoms with Crippen LogP contribution in [-0.4, -0.2) is 34.9 Å². The average molecular weight is 302 g/mol. The lowest BCUT2D eigenvalue weighted by Crippen LogP contribution is -2.20. The zero-order chi connectivity index (χ0) is 13.7. The molecule has 1 aromatic carbocycles. The molecule has 0 saturated carbocycles. The van der Waals surface area contributed by atoms with Crippen molar-refractivity contribution in [2.75, 3.05) is 19.7 Å². The second kappa shape index (κ2) is 4.62. The first-order valence-corrected chi connectivity index (χ1v) is 8.24. The molecule has 1 aromatic heterocycles. The van der Waals surface area contributed by atoms with E-state index in [9.17, 15) is 5.11 Å². The van der Waals surface area contributed by atoms with E-state index in [2.05, 4.69) is 41.1 Å². The molecule has 1 N–H and O–H groups in total. The fourth-order valence-electron chi connectivity index (χ4n) is 2.78. The number of thioether (sulfide) groups is 1. The Morgan fingerprint density at radius 3 is 3.10 bits per heavy atom. The molecule has 5 heteroatoms. The van der Waals surface area contributed by atoms with Crippen LogP contribution in [0.5, 0.6) is 0 Å². The van der Waals surface area contributed by atoms with Crippen molar-refractivity contribution >= 4 is 44.0 Å². The van der Waals surface area contributed by atoms with Gasteiger partial charge in [-0.2, -0.15) is 0 Å². The molecule has 2 aromatic rings. The first-order valence-electron chi connectivity index (χ1n) is 6.60. The second-order valence-corrected chi connectivity index (χ2v) is 7.31. The summed E-state index contributed by atoms with van der Waals surface area (Å²) in [5.74, 6) is 0. The van der Waals surface area contributed by atoms with E-state index in [0.29, 0.717) is 0 Å². The van der Waals surface area contributed by atoms with Crippen LogP contribution in [0.15, 0.2) is 34.2 Å². The Balaban J connectivity index is 1.86. The number of aliphatic hydroxyl groups excluding tert-OH is 1. The summed E-state index contributed by atoms with van der Waals surface area (Å²) in [7, 11) is 0. The molecule has 0 radical (unpaired) electrons. The van der Waals surface area contributed by atoms with E-state index in [4.69, 9.17) is 0 Å². The van der Waals surface area contributed by atoms with Gasteiger partial charge in [-0.1, -0.05) is 17.8 Å². The van der Waals surface area contributed by atoms with Crippen molar-refractivity contribution in [2.45, 2.75) is 6.92 Å². The number of aliphatic imine (C=N–C) groups is 1. The van der Waals surface area contributed by atoms with Gasteiger partial charge in [0.1, 0.15) is 0 Å². The van der Waals surface area contributed by atoms with Crippen LogP contribution in [0.1, 0.15) is 10.4 Å². The molecule has 0 aliphatic carbocycles. The van der Waals surface area contributed by atoms with Crippen molar-refractivity contribution in [2.24, 2.45) is 4.99 Å². The van der Waals surface area contributed by atoms with E-state index < -0.39 is 0 Å². The molecule has 0 spiro atoms. The number of amidine groups is 1. The minimum Gasteiger partial charge on any atom is -0.391 e. The van der Waals surface area contributed by atoms with Crippen LogP contribution in [0, 0.1) is 6.92 Å². The lowest BCUT2D eigenvalue weighted by molar-refractivity contribution is 0.339. The highest BCUT2D eigenvalue weighted by atomic mass is 32.2. The molecule has 3 nitrogen and oxygen atoms in total. The van der Waals surface area contributed by atoms with E-state index in [0.717, 1.165) is 28.9 Å². The zero-order valence-corrected chi connectivity index (χ0v) is 12.7. The first-order chi connectivity index (χ1) is 9.76. The molecule has 4 rings (SSSR count). The van der Waals surface area contributed by atoms with Gasteiger partial charge < -0.3 is 10.0 Å². The minimum atomic E-state index is 0.0796. The van der Waals surface area contributed by atoms with Crippen LogP contribution < -0.4 is 0 Å². The number of hydrogen-bond acceptors (Lipinski definition) is 5. The number of aryl methyl sites for hydroxylation is 1. The Bertz CT molecular complexity index is 760. The maximum Gasteiger partial charge on any atom is 0.168 e. The first kappa shape index (κ1) is 12.4. The fraction of sp³-hybridized carbons (Fsp3) is 0.267. The Morgan fingerprint density at radius 1 is 1.35 bits per heavy atom. The maximum atomic E-state index is 9.61. The molecule has 102 valence electrons. The van der Waals surface area contributed by atoms with Crippen molar-refractivity contribution < 1.29 is 5.11 Å². The predicted octanol–water partition coefficient (Wildman–Crippen LogP) is 3.29. The molecule has 3 heterocycles. The van der Waals surface area contributed by atoms with Gasteiger partial charge in [-0.05, 0) is 36.1 Å². The standard InChI is InChI=1S/C15H14N2OS2/c1-9-6-11-7-10(2-3-12(11)19-9)14-13(8-18)20-15-16-4-5-17(14)15/h2-3,6-7,18H,4-5,8H2,1H3. The van der Waals surface area contributed by atoms with E-state index in [1.54, 1.807) is 11.8 Å². The summed E-state index contributed by atoms with van der Waals surface area (Å²) in [4.78, 5) is 9.07. The summed E-state index contributed by atoms with van der Waals surface area (Å²) < 4.78 is 1.32. The highest BCUT2D eigenvalue weighted by Crippen LogP contribution is 2.42. The van der Waals surface area contributed by atoms with Gasteiger partial charge in [0.25, 0.3) is 0 Å². The van der Waals surface area contributed by atoms with Crippen molar-refractivity contribution in [3.05, 3.63) is 39.6 Å². The van der Waals surface area contributed by atoms with Gasteiger partial charge in [-0.15, -0.1) is 11.3 Å².